The summed E-state index contributed by atoms with van der Waals surface area (Å²) in [5.41, 5.74) is 2.14. The van der Waals surface area contributed by atoms with Crippen LogP contribution < -0.4 is 5.32 Å². The molecule has 2 N–H and O–H groups in total. The molecule has 20 heavy (non-hydrogen) atoms. The van der Waals surface area contributed by atoms with Crippen LogP contribution in [0.15, 0.2) is 24.3 Å². The molecule has 0 aromatic heterocycles. The van der Waals surface area contributed by atoms with E-state index in [0.29, 0.717) is 6.54 Å². The molecule has 0 aliphatic carbocycles. The van der Waals surface area contributed by atoms with E-state index in [2.05, 4.69) is 5.32 Å². The highest BCUT2D eigenvalue weighted by molar-refractivity contribution is 5.76. The molecule has 1 aromatic carbocycles. The van der Waals surface area contributed by atoms with Crippen molar-refractivity contribution in [1.82, 2.24) is 10.2 Å². The normalized spacial score (nSPS) is 11.8. The molecule has 1 unspecified atom stereocenters. The number of rotatable bonds is 6. The molecule has 0 aliphatic rings. The minimum Gasteiger partial charge on any atom is -0.479 e. The first-order valence-electron chi connectivity index (χ1n) is 6.24. The summed E-state index contributed by atoms with van der Waals surface area (Å²) < 4.78 is 4.74. The van der Waals surface area contributed by atoms with Crippen molar-refractivity contribution in [2.24, 2.45) is 0 Å². The predicted molar refractivity (Wildman–Crippen MR) is 74.5 cm³/mol. The Morgan fingerprint density at radius 1 is 1.45 bits per heavy atom. The van der Waals surface area contributed by atoms with Crippen molar-refractivity contribution < 1.29 is 19.4 Å². The Labute approximate surface area is 118 Å². The highest BCUT2D eigenvalue weighted by Crippen LogP contribution is 2.06. The molecule has 6 heteroatoms. The number of ether oxygens (including phenoxy) is 1. The third kappa shape index (κ3) is 4.89. The molecule has 0 radical (unpaired) electrons. The number of amides is 2. The topological polar surface area (TPSA) is 78.9 Å². The Bertz CT molecular complexity index is 476. The average Bonchev–Trinajstić information content (AvgIpc) is 2.38. The summed E-state index contributed by atoms with van der Waals surface area (Å²) in [6.45, 7) is 2.38. The molecule has 2 amide bonds. The number of carboxylic acids is 1. The fourth-order valence-corrected chi connectivity index (χ4v) is 1.74. The quantitative estimate of drug-likeness (QED) is 0.821. The third-order valence-corrected chi connectivity index (χ3v) is 2.85. The smallest absolute Gasteiger partial charge is 0.334 e. The summed E-state index contributed by atoms with van der Waals surface area (Å²) in [6.07, 6.45) is -1.04. The molecule has 6 nitrogen and oxygen atoms in total. The SMILES string of the molecule is COC(CNC(=O)N(C)Cc1cccc(C)c1)C(=O)O. The number of carbonyl (C=O) groups excluding carboxylic acids is 1. The van der Waals surface area contributed by atoms with Crippen molar-refractivity contribution in [3.05, 3.63) is 35.4 Å². The zero-order valence-corrected chi connectivity index (χ0v) is 11.9. The summed E-state index contributed by atoms with van der Waals surface area (Å²) in [5, 5.41) is 11.3. The van der Waals surface area contributed by atoms with Gasteiger partial charge in [0.05, 0.1) is 6.54 Å². The van der Waals surface area contributed by atoms with E-state index in [-0.39, 0.29) is 12.6 Å². The van der Waals surface area contributed by atoms with Crippen molar-refractivity contribution in [1.29, 1.82) is 0 Å². The fraction of sp³-hybridized carbons (Fsp3) is 0.429. The molecule has 1 aromatic rings. The molecular weight excluding hydrogens is 260 g/mol. The first-order chi connectivity index (χ1) is 9.43. The second-order valence-corrected chi connectivity index (χ2v) is 4.59. The number of hydrogen-bond acceptors (Lipinski definition) is 3. The van der Waals surface area contributed by atoms with Crippen LogP contribution in [0, 0.1) is 6.92 Å². The van der Waals surface area contributed by atoms with Crippen molar-refractivity contribution >= 4 is 12.0 Å². The van der Waals surface area contributed by atoms with Gasteiger partial charge in [-0.3, -0.25) is 0 Å². The number of carboxylic acid groups (broad SMARTS) is 1. The van der Waals surface area contributed by atoms with Gasteiger partial charge in [0.1, 0.15) is 0 Å². The van der Waals surface area contributed by atoms with Gasteiger partial charge in [0.25, 0.3) is 0 Å². The van der Waals surface area contributed by atoms with E-state index >= 15 is 0 Å². The van der Waals surface area contributed by atoms with Crippen LogP contribution in [-0.2, 0) is 16.1 Å². The molecule has 0 heterocycles. The van der Waals surface area contributed by atoms with Gasteiger partial charge < -0.3 is 20.1 Å². The number of carbonyl (C=O) groups is 2. The number of aryl methyl sites for hydroxylation is 1. The first-order valence-corrected chi connectivity index (χ1v) is 6.24. The molecule has 0 aliphatic heterocycles. The number of nitrogens with zero attached hydrogens (tertiary/aromatic N) is 1. The lowest BCUT2D eigenvalue weighted by Gasteiger charge is -2.19. The van der Waals surface area contributed by atoms with Gasteiger partial charge in [0.15, 0.2) is 6.10 Å². The summed E-state index contributed by atoms with van der Waals surface area (Å²) in [7, 11) is 2.95. The highest BCUT2D eigenvalue weighted by Gasteiger charge is 2.18. The molecule has 0 saturated heterocycles. The van der Waals surface area contributed by atoms with Gasteiger partial charge >= 0.3 is 12.0 Å². The fourth-order valence-electron chi connectivity index (χ4n) is 1.74. The van der Waals surface area contributed by atoms with Gasteiger partial charge in [0.2, 0.25) is 0 Å². The Kier molecular flexibility index (Phi) is 5.99. The minimum atomic E-state index is -1.10. The van der Waals surface area contributed by atoms with Crippen LogP contribution in [0.1, 0.15) is 11.1 Å². The van der Waals surface area contributed by atoms with E-state index in [1.54, 1.807) is 7.05 Å². The zero-order chi connectivity index (χ0) is 15.1. The van der Waals surface area contributed by atoms with Gasteiger partial charge in [-0.15, -0.1) is 0 Å². The average molecular weight is 280 g/mol. The predicted octanol–water partition coefficient (Wildman–Crippen LogP) is 1.24. The number of urea groups is 1. The summed E-state index contributed by atoms with van der Waals surface area (Å²) in [6, 6.07) is 7.52. The van der Waals surface area contributed by atoms with Crippen LogP contribution in [0.4, 0.5) is 4.79 Å². The van der Waals surface area contributed by atoms with Crippen molar-refractivity contribution in [2.75, 3.05) is 20.7 Å². The first kappa shape index (κ1) is 16.0. The molecule has 1 atom stereocenters. The van der Waals surface area contributed by atoms with Crippen LogP contribution in [-0.4, -0.2) is 48.8 Å². The summed E-state index contributed by atoms with van der Waals surface area (Å²) >= 11 is 0. The summed E-state index contributed by atoms with van der Waals surface area (Å²) in [4.78, 5) is 24.1. The van der Waals surface area contributed by atoms with E-state index < -0.39 is 12.1 Å². The zero-order valence-electron chi connectivity index (χ0n) is 11.9. The Morgan fingerprint density at radius 2 is 2.15 bits per heavy atom. The molecule has 0 fully saturated rings. The van der Waals surface area contributed by atoms with Crippen LogP contribution in [0.25, 0.3) is 0 Å². The molecular formula is C14H20N2O4. The van der Waals surface area contributed by atoms with E-state index in [1.165, 1.54) is 12.0 Å². The van der Waals surface area contributed by atoms with Crippen LogP contribution in [0.5, 0.6) is 0 Å². The minimum absolute atomic E-state index is 0.0666. The number of aliphatic carboxylic acids is 1. The van der Waals surface area contributed by atoms with Gasteiger partial charge in [-0.05, 0) is 12.5 Å². The third-order valence-electron chi connectivity index (χ3n) is 2.85. The van der Waals surface area contributed by atoms with Gasteiger partial charge in [-0.25, -0.2) is 9.59 Å². The second kappa shape index (κ2) is 7.49. The standard InChI is InChI=1S/C14H20N2O4/c1-10-5-4-6-11(7-10)9-16(2)14(19)15-8-12(20-3)13(17)18/h4-7,12H,8-9H2,1-3H3,(H,15,19)(H,17,18). The largest absolute Gasteiger partial charge is 0.479 e. The molecule has 0 saturated carbocycles. The van der Waals surface area contributed by atoms with Crippen LogP contribution in [0.2, 0.25) is 0 Å². The lowest BCUT2D eigenvalue weighted by molar-refractivity contribution is -0.148. The second-order valence-electron chi connectivity index (χ2n) is 4.59. The Balaban J connectivity index is 2.49. The van der Waals surface area contributed by atoms with E-state index in [0.717, 1.165) is 11.1 Å². The summed E-state index contributed by atoms with van der Waals surface area (Å²) in [5.74, 6) is -1.10. The van der Waals surface area contributed by atoms with Crippen molar-refractivity contribution in [2.45, 2.75) is 19.6 Å². The lowest BCUT2D eigenvalue weighted by Crippen LogP contribution is -2.43. The van der Waals surface area contributed by atoms with E-state index in [4.69, 9.17) is 9.84 Å². The maximum absolute atomic E-state index is 11.8. The van der Waals surface area contributed by atoms with E-state index in [9.17, 15) is 9.59 Å². The van der Waals surface area contributed by atoms with E-state index in [1.807, 2.05) is 31.2 Å². The molecule has 110 valence electrons. The Morgan fingerprint density at radius 3 is 2.70 bits per heavy atom. The maximum atomic E-state index is 11.8. The number of methoxy groups -OCH3 is 1. The van der Waals surface area contributed by atoms with Crippen LogP contribution in [0.3, 0.4) is 0 Å². The number of nitrogens with one attached hydrogen (secondary N) is 1. The van der Waals surface area contributed by atoms with Crippen LogP contribution >= 0.6 is 0 Å². The Hall–Kier alpha value is -2.08. The molecule has 1 rings (SSSR count). The van der Waals surface area contributed by atoms with Gasteiger partial charge in [0, 0.05) is 20.7 Å². The maximum Gasteiger partial charge on any atom is 0.334 e. The van der Waals surface area contributed by atoms with Gasteiger partial charge in [-0.1, -0.05) is 29.8 Å². The monoisotopic (exact) mass is 280 g/mol. The number of hydrogen-bond donors (Lipinski definition) is 2. The van der Waals surface area contributed by atoms with Crippen molar-refractivity contribution in [3.8, 4) is 0 Å². The molecule has 0 bridgehead atoms. The number of benzene rings is 1. The highest BCUT2D eigenvalue weighted by atomic mass is 16.5. The molecule has 0 spiro atoms. The lowest BCUT2D eigenvalue weighted by atomic mass is 10.1. The van der Waals surface area contributed by atoms with Crippen molar-refractivity contribution in [3.63, 3.8) is 0 Å². The van der Waals surface area contributed by atoms with Gasteiger partial charge in [-0.2, -0.15) is 0 Å².